The third kappa shape index (κ3) is 6.56. The van der Waals surface area contributed by atoms with Crippen molar-refractivity contribution < 1.29 is 19.2 Å². The summed E-state index contributed by atoms with van der Waals surface area (Å²) in [5.41, 5.74) is -0.287. The monoisotopic (exact) mass is 303 g/mol. The van der Waals surface area contributed by atoms with E-state index in [1.54, 1.807) is 0 Å². The third-order valence-corrected chi connectivity index (χ3v) is 5.02. The highest BCUT2D eigenvalue weighted by atomic mass is 31.1. The van der Waals surface area contributed by atoms with Crippen LogP contribution in [0.3, 0.4) is 0 Å². The number of carbonyl (C=O) groups excluding carboxylic acids is 1. The van der Waals surface area contributed by atoms with Crippen LogP contribution in [0.5, 0.6) is 0 Å². The lowest BCUT2D eigenvalue weighted by molar-refractivity contribution is -0.140. The molecule has 1 fully saturated rings. The van der Waals surface area contributed by atoms with E-state index in [9.17, 15) is 9.59 Å². The normalized spacial score (nSPS) is 18.4. The molecule has 0 saturated heterocycles. The zero-order valence-electron chi connectivity index (χ0n) is 12.4. The Morgan fingerprint density at radius 1 is 1.30 bits per heavy atom. The topological polar surface area (TPSA) is 75.6 Å². The Kier molecular flexibility index (Phi) is 7.28. The smallest absolute Gasteiger partial charge is 0.409 e. The maximum atomic E-state index is 11.6. The van der Waals surface area contributed by atoms with Crippen molar-refractivity contribution in [2.24, 2.45) is 11.3 Å². The van der Waals surface area contributed by atoms with Gasteiger partial charge in [-0.05, 0) is 24.2 Å². The molecule has 20 heavy (non-hydrogen) atoms. The van der Waals surface area contributed by atoms with Gasteiger partial charge in [-0.1, -0.05) is 33.1 Å². The van der Waals surface area contributed by atoms with Crippen LogP contribution in [-0.4, -0.2) is 29.9 Å². The number of amides is 1. The maximum absolute atomic E-state index is 11.6. The number of nitrogens with one attached hydrogen (secondary N) is 1. The highest BCUT2D eigenvalue weighted by Crippen LogP contribution is 2.38. The van der Waals surface area contributed by atoms with Crippen LogP contribution >= 0.6 is 8.81 Å². The first-order chi connectivity index (χ1) is 9.43. The molecular weight excluding hydrogens is 277 g/mol. The second-order valence-corrected chi connectivity index (χ2v) is 7.02. The molecule has 6 heteroatoms. The molecule has 0 heterocycles. The van der Waals surface area contributed by atoms with Crippen molar-refractivity contribution in [3.63, 3.8) is 0 Å². The predicted molar refractivity (Wildman–Crippen MR) is 80.3 cm³/mol. The average Bonchev–Trinajstić information content (AvgIpc) is 2.36. The number of aliphatic carboxylic acids is 1. The number of carboxylic acid groups (broad SMARTS) is 1. The zero-order chi connectivity index (χ0) is 15.0. The van der Waals surface area contributed by atoms with Crippen LogP contribution in [0, 0.1) is 11.3 Å². The molecule has 1 aliphatic carbocycles. The van der Waals surface area contributed by atoms with Gasteiger partial charge in [0.1, 0.15) is 0 Å². The number of carbonyl (C=O) groups is 2. The highest BCUT2D eigenvalue weighted by molar-refractivity contribution is 7.32. The Morgan fingerprint density at radius 2 is 1.95 bits per heavy atom. The van der Waals surface area contributed by atoms with E-state index >= 15 is 0 Å². The Hall–Kier alpha value is -0.830. The van der Waals surface area contributed by atoms with Gasteiger partial charge in [-0.25, -0.2) is 4.79 Å². The number of carboxylic acids is 1. The number of hydrogen-bond donors (Lipinski definition) is 2. The first kappa shape index (κ1) is 17.2. The summed E-state index contributed by atoms with van der Waals surface area (Å²) >= 11 is 0. The molecule has 1 rings (SSSR count). The molecule has 0 aromatic rings. The molecule has 5 nitrogen and oxygen atoms in total. The van der Waals surface area contributed by atoms with E-state index in [2.05, 4.69) is 19.2 Å². The van der Waals surface area contributed by atoms with Crippen molar-refractivity contribution in [3.8, 4) is 0 Å². The summed E-state index contributed by atoms with van der Waals surface area (Å²) in [4.78, 5) is 22.6. The van der Waals surface area contributed by atoms with Crippen LogP contribution in [0.25, 0.3) is 0 Å². The van der Waals surface area contributed by atoms with E-state index < -0.39 is 12.1 Å². The Morgan fingerprint density at radius 3 is 2.50 bits per heavy atom. The van der Waals surface area contributed by atoms with Gasteiger partial charge in [-0.15, -0.1) is 0 Å². The van der Waals surface area contributed by atoms with Crippen LogP contribution in [0.1, 0.15) is 52.4 Å². The van der Waals surface area contributed by atoms with E-state index in [0.29, 0.717) is 12.5 Å². The van der Waals surface area contributed by atoms with Gasteiger partial charge in [0.2, 0.25) is 0 Å². The molecule has 1 saturated carbocycles. The molecule has 116 valence electrons. The summed E-state index contributed by atoms with van der Waals surface area (Å²) in [5.74, 6) is -0.276. The molecule has 0 radical (unpaired) electrons. The van der Waals surface area contributed by atoms with Gasteiger partial charge in [-0.2, -0.15) is 0 Å². The first-order valence-corrected chi connectivity index (χ1v) is 8.44. The van der Waals surface area contributed by atoms with Crippen LogP contribution in [0.15, 0.2) is 0 Å². The Labute approximate surface area is 122 Å². The molecule has 0 aromatic heterocycles. The predicted octanol–water partition coefficient (Wildman–Crippen LogP) is 3.39. The third-order valence-electron chi connectivity index (χ3n) is 3.70. The molecule has 1 amide bonds. The molecular formula is C14H26NO4P. The largest absolute Gasteiger partial charge is 0.481 e. The average molecular weight is 303 g/mol. The summed E-state index contributed by atoms with van der Waals surface area (Å²) in [6, 6.07) is 0. The molecule has 1 aliphatic rings. The van der Waals surface area contributed by atoms with E-state index in [4.69, 9.17) is 9.63 Å². The summed E-state index contributed by atoms with van der Waals surface area (Å²) in [6.07, 6.45) is 5.55. The summed E-state index contributed by atoms with van der Waals surface area (Å²) in [6.45, 7) is 4.57. The van der Waals surface area contributed by atoms with Crippen molar-refractivity contribution in [1.82, 2.24) is 5.32 Å². The fraction of sp³-hybridized carbons (Fsp3) is 0.857. The maximum Gasteiger partial charge on any atom is 0.409 e. The Bertz CT molecular complexity index is 327. The van der Waals surface area contributed by atoms with Gasteiger partial charge in [0.05, 0.1) is 15.2 Å². The molecule has 1 atom stereocenters. The first-order valence-electron chi connectivity index (χ1n) is 7.33. The van der Waals surface area contributed by atoms with Crippen LogP contribution < -0.4 is 5.32 Å². The quantitative estimate of drug-likeness (QED) is 0.707. The van der Waals surface area contributed by atoms with Gasteiger partial charge in [0.25, 0.3) is 0 Å². The lowest BCUT2D eigenvalue weighted by Crippen LogP contribution is -2.40. The van der Waals surface area contributed by atoms with E-state index in [1.807, 2.05) is 0 Å². The summed E-state index contributed by atoms with van der Waals surface area (Å²) in [5, 5.41) is 11.8. The van der Waals surface area contributed by atoms with Gasteiger partial charge in [-0.3, -0.25) is 4.79 Å². The van der Waals surface area contributed by atoms with Gasteiger partial charge < -0.3 is 14.9 Å². The van der Waals surface area contributed by atoms with Crippen molar-refractivity contribution in [1.29, 1.82) is 0 Å². The minimum atomic E-state index is -0.788. The van der Waals surface area contributed by atoms with Gasteiger partial charge in [0, 0.05) is 12.7 Å². The minimum absolute atomic E-state index is 0.127. The lowest BCUT2D eigenvalue weighted by atomic mass is 9.72. The van der Waals surface area contributed by atoms with Crippen molar-refractivity contribution in [2.45, 2.75) is 52.4 Å². The van der Waals surface area contributed by atoms with E-state index in [-0.39, 0.29) is 20.6 Å². The molecule has 0 spiro atoms. The minimum Gasteiger partial charge on any atom is -0.481 e. The van der Waals surface area contributed by atoms with E-state index in [1.165, 1.54) is 0 Å². The van der Waals surface area contributed by atoms with Crippen molar-refractivity contribution in [2.75, 3.05) is 12.7 Å². The van der Waals surface area contributed by atoms with Gasteiger partial charge in [0.15, 0.2) is 0 Å². The second kappa shape index (κ2) is 8.46. The summed E-state index contributed by atoms with van der Waals surface area (Å²) in [7, 11) is 0.169. The summed E-state index contributed by atoms with van der Waals surface area (Å²) < 4.78 is 5.12. The SMILES string of the molecule is CC(C)CPOC(=O)NCC1(CC(=O)O)CCCCC1. The zero-order valence-corrected chi connectivity index (χ0v) is 13.4. The molecule has 2 N–H and O–H groups in total. The standard InChI is InChI=1S/C14H26NO4P/c1-11(2)9-20-19-13(18)15-10-14(8-12(16)17)6-4-3-5-7-14/h11,20H,3-10H2,1-2H3,(H,15,18)(H,16,17). The van der Waals surface area contributed by atoms with Crippen molar-refractivity contribution in [3.05, 3.63) is 0 Å². The Balaban J connectivity index is 2.37. The fourth-order valence-electron chi connectivity index (χ4n) is 2.61. The molecule has 1 unspecified atom stereocenters. The lowest BCUT2D eigenvalue weighted by Gasteiger charge is -2.36. The van der Waals surface area contributed by atoms with Crippen molar-refractivity contribution >= 4 is 20.9 Å². The van der Waals surface area contributed by atoms with E-state index in [0.717, 1.165) is 38.3 Å². The van der Waals surface area contributed by atoms with Gasteiger partial charge >= 0.3 is 12.1 Å². The highest BCUT2D eigenvalue weighted by Gasteiger charge is 2.34. The van der Waals surface area contributed by atoms with Crippen LogP contribution in [-0.2, 0) is 9.32 Å². The number of hydrogen-bond acceptors (Lipinski definition) is 3. The molecule has 0 aliphatic heterocycles. The second-order valence-electron chi connectivity index (χ2n) is 6.12. The van der Waals surface area contributed by atoms with Crippen LogP contribution in [0.2, 0.25) is 0 Å². The molecule has 0 aromatic carbocycles. The number of rotatable bonds is 7. The fourth-order valence-corrected chi connectivity index (χ4v) is 3.23. The van der Waals surface area contributed by atoms with Crippen LogP contribution in [0.4, 0.5) is 4.79 Å². The molecule has 0 bridgehead atoms.